The van der Waals surface area contributed by atoms with Gasteiger partial charge in [0.2, 0.25) is 0 Å². The van der Waals surface area contributed by atoms with Crippen LogP contribution in [-0.4, -0.2) is 30.6 Å². The molecule has 1 aliphatic carbocycles. The van der Waals surface area contributed by atoms with Crippen molar-refractivity contribution in [3.8, 4) is 0 Å². The van der Waals surface area contributed by atoms with E-state index in [1.807, 2.05) is 0 Å². The lowest BCUT2D eigenvalue weighted by molar-refractivity contribution is 0.206. The number of likely N-dealkylation sites (tertiary alicyclic amines) is 1. The normalized spacial score (nSPS) is 31.4. The van der Waals surface area contributed by atoms with Crippen molar-refractivity contribution < 1.29 is 0 Å². The molecule has 1 heterocycles. The molecule has 2 fully saturated rings. The van der Waals surface area contributed by atoms with E-state index in [0.717, 1.165) is 5.92 Å². The summed E-state index contributed by atoms with van der Waals surface area (Å²) in [5.74, 6) is 0.994. The van der Waals surface area contributed by atoms with Crippen molar-refractivity contribution in [3.05, 3.63) is 0 Å². The number of hydrogen-bond acceptors (Lipinski definition) is 2. The average Bonchev–Trinajstić information content (AvgIpc) is 2.46. The lowest BCUT2D eigenvalue weighted by Gasteiger charge is -2.28. The molecule has 2 N–H and O–H groups in total. The molecule has 1 atom stereocenters. The highest BCUT2D eigenvalue weighted by molar-refractivity contribution is 4.75. The van der Waals surface area contributed by atoms with Gasteiger partial charge in [0.05, 0.1) is 0 Å². The molecule has 1 saturated heterocycles. The smallest absolute Gasteiger partial charge is 0.00514 e. The van der Waals surface area contributed by atoms with Crippen molar-refractivity contribution in [1.82, 2.24) is 4.90 Å². The van der Waals surface area contributed by atoms with Gasteiger partial charge >= 0.3 is 0 Å². The summed E-state index contributed by atoms with van der Waals surface area (Å²) in [5.41, 5.74) is 6.00. The Balaban J connectivity index is 1.72. The number of nitrogens with two attached hydrogens (primary N) is 1. The van der Waals surface area contributed by atoms with E-state index < -0.39 is 0 Å². The second-order valence-electron chi connectivity index (χ2n) is 5.50. The minimum Gasteiger partial charge on any atom is -0.328 e. The zero-order valence-corrected chi connectivity index (χ0v) is 9.96. The van der Waals surface area contributed by atoms with Gasteiger partial charge in [-0.25, -0.2) is 0 Å². The van der Waals surface area contributed by atoms with Crippen LogP contribution in [0.3, 0.4) is 0 Å². The van der Waals surface area contributed by atoms with Gasteiger partial charge in [-0.2, -0.15) is 0 Å². The summed E-state index contributed by atoms with van der Waals surface area (Å²) in [6, 6.07) is 0.473. The van der Waals surface area contributed by atoms with Crippen LogP contribution < -0.4 is 5.73 Å². The van der Waals surface area contributed by atoms with Crippen molar-refractivity contribution >= 4 is 0 Å². The van der Waals surface area contributed by atoms with Crippen LogP contribution >= 0.6 is 0 Å². The summed E-state index contributed by atoms with van der Waals surface area (Å²) in [6.07, 6.45) is 11.1. The van der Waals surface area contributed by atoms with Gasteiger partial charge in [-0.3, -0.25) is 0 Å². The molecule has 1 saturated carbocycles. The summed E-state index contributed by atoms with van der Waals surface area (Å²) in [6.45, 7) is 3.90. The molecule has 2 aliphatic rings. The molecular formula is C13H26N2. The van der Waals surface area contributed by atoms with Crippen LogP contribution in [0.5, 0.6) is 0 Å². The molecule has 0 bridgehead atoms. The molecule has 0 spiro atoms. The van der Waals surface area contributed by atoms with Crippen LogP contribution in [0, 0.1) is 5.92 Å². The summed E-state index contributed by atoms with van der Waals surface area (Å²) >= 11 is 0. The summed E-state index contributed by atoms with van der Waals surface area (Å²) in [7, 11) is 0. The Morgan fingerprint density at radius 1 is 0.867 bits per heavy atom. The van der Waals surface area contributed by atoms with Gasteiger partial charge in [0.15, 0.2) is 0 Å². The van der Waals surface area contributed by atoms with Gasteiger partial charge in [0.25, 0.3) is 0 Å². The quantitative estimate of drug-likeness (QED) is 0.758. The zero-order valence-electron chi connectivity index (χ0n) is 9.96. The average molecular weight is 210 g/mol. The highest BCUT2D eigenvalue weighted by Gasteiger charge is 2.19. The summed E-state index contributed by atoms with van der Waals surface area (Å²) in [5, 5.41) is 0. The van der Waals surface area contributed by atoms with E-state index in [2.05, 4.69) is 4.90 Å². The largest absolute Gasteiger partial charge is 0.328 e. The fraction of sp³-hybridized carbons (Fsp3) is 1.00. The van der Waals surface area contributed by atoms with E-state index in [4.69, 9.17) is 5.73 Å². The number of hydrogen-bond donors (Lipinski definition) is 1. The van der Waals surface area contributed by atoms with Crippen LogP contribution in [0.4, 0.5) is 0 Å². The number of rotatable bonds is 2. The Kier molecular flexibility index (Phi) is 4.45. The molecule has 0 amide bonds. The molecule has 2 nitrogen and oxygen atoms in total. The minimum absolute atomic E-state index is 0.473. The van der Waals surface area contributed by atoms with Gasteiger partial charge in [-0.15, -0.1) is 0 Å². The zero-order chi connectivity index (χ0) is 10.5. The van der Waals surface area contributed by atoms with E-state index in [-0.39, 0.29) is 0 Å². The van der Waals surface area contributed by atoms with Gasteiger partial charge in [-0.05, 0) is 51.1 Å². The first-order chi connectivity index (χ1) is 7.34. The molecule has 0 aromatic carbocycles. The first-order valence-corrected chi connectivity index (χ1v) is 6.82. The van der Waals surface area contributed by atoms with E-state index in [1.54, 1.807) is 0 Å². The van der Waals surface area contributed by atoms with Crippen molar-refractivity contribution in [2.45, 2.75) is 57.4 Å². The van der Waals surface area contributed by atoms with Crippen LogP contribution in [0.2, 0.25) is 0 Å². The monoisotopic (exact) mass is 210 g/mol. The van der Waals surface area contributed by atoms with Crippen LogP contribution in [0.1, 0.15) is 51.4 Å². The van der Waals surface area contributed by atoms with E-state index in [9.17, 15) is 0 Å². The van der Waals surface area contributed by atoms with Crippen molar-refractivity contribution in [1.29, 1.82) is 0 Å². The molecule has 2 rings (SSSR count). The van der Waals surface area contributed by atoms with Crippen LogP contribution in [0.25, 0.3) is 0 Å². The first-order valence-electron chi connectivity index (χ1n) is 6.82. The van der Waals surface area contributed by atoms with Crippen molar-refractivity contribution in [2.24, 2.45) is 11.7 Å². The second-order valence-corrected chi connectivity index (χ2v) is 5.50. The fourth-order valence-electron chi connectivity index (χ4n) is 3.10. The molecule has 0 radical (unpaired) electrons. The van der Waals surface area contributed by atoms with E-state index in [1.165, 1.54) is 71.0 Å². The highest BCUT2D eigenvalue weighted by Crippen LogP contribution is 2.25. The molecule has 2 heteroatoms. The third-order valence-corrected chi connectivity index (χ3v) is 4.11. The van der Waals surface area contributed by atoms with Gasteiger partial charge in [-0.1, -0.05) is 19.3 Å². The Hall–Kier alpha value is -0.0800. The molecular weight excluding hydrogens is 184 g/mol. The van der Waals surface area contributed by atoms with Gasteiger partial charge in [0, 0.05) is 12.6 Å². The van der Waals surface area contributed by atoms with Crippen LogP contribution in [0.15, 0.2) is 0 Å². The van der Waals surface area contributed by atoms with E-state index >= 15 is 0 Å². The van der Waals surface area contributed by atoms with Crippen molar-refractivity contribution in [3.63, 3.8) is 0 Å². The molecule has 15 heavy (non-hydrogen) atoms. The number of nitrogens with zero attached hydrogens (tertiary/aromatic N) is 1. The minimum atomic E-state index is 0.473. The third-order valence-electron chi connectivity index (χ3n) is 4.11. The standard InChI is InChI=1S/C13H26N2/c14-13-7-4-9-15(10-8-13)11-12-5-2-1-3-6-12/h12-13H,1-11,14H2. The lowest BCUT2D eigenvalue weighted by atomic mass is 9.89. The maximum atomic E-state index is 6.00. The third kappa shape index (κ3) is 3.76. The Morgan fingerprint density at radius 3 is 2.47 bits per heavy atom. The molecule has 1 unspecified atom stereocenters. The maximum Gasteiger partial charge on any atom is 0.00514 e. The topological polar surface area (TPSA) is 29.3 Å². The highest BCUT2D eigenvalue weighted by atomic mass is 15.1. The molecule has 88 valence electrons. The Bertz CT molecular complexity index is 175. The van der Waals surface area contributed by atoms with Crippen molar-refractivity contribution in [2.75, 3.05) is 19.6 Å². The summed E-state index contributed by atoms with van der Waals surface area (Å²) in [4.78, 5) is 2.67. The maximum absolute atomic E-state index is 6.00. The van der Waals surface area contributed by atoms with Gasteiger partial charge < -0.3 is 10.6 Å². The molecule has 0 aromatic heterocycles. The van der Waals surface area contributed by atoms with E-state index in [0.29, 0.717) is 6.04 Å². The lowest BCUT2D eigenvalue weighted by Crippen LogP contribution is -2.32. The van der Waals surface area contributed by atoms with Gasteiger partial charge in [0.1, 0.15) is 0 Å². The SMILES string of the molecule is NC1CCCN(CC2CCCCC2)CC1. The Labute approximate surface area is 94.2 Å². The predicted octanol–water partition coefficient (Wildman–Crippen LogP) is 2.38. The predicted molar refractivity (Wildman–Crippen MR) is 64.8 cm³/mol. The Morgan fingerprint density at radius 2 is 1.67 bits per heavy atom. The van der Waals surface area contributed by atoms with Crippen LogP contribution in [-0.2, 0) is 0 Å². The first kappa shape index (κ1) is 11.4. The fourth-order valence-corrected chi connectivity index (χ4v) is 3.10. The molecule has 1 aliphatic heterocycles. The molecule has 0 aromatic rings. The second kappa shape index (κ2) is 5.86. The summed E-state index contributed by atoms with van der Waals surface area (Å²) < 4.78 is 0.